The largest absolute Gasteiger partial charge is 0.388 e. The molecule has 0 saturated carbocycles. The monoisotopic (exact) mass is 224 g/mol. The van der Waals surface area contributed by atoms with Gasteiger partial charge in [0.25, 0.3) is 0 Å². The second-order valence-corrected chi connectivity index (χ2v) is 4.26. The summed E-state index contributed by atoms with van der Waals surface area (Å²) in [7, 11) is 0. The number of aliphatic hydroxyl groups is 1. The standard InChI is InChI=1S/C13H17FO2/c14-12-7-2-1-6-11(12)13(15)9-10-5-3-4-8-16-10/h1-2,6-7,10,13,15H,3-5,8-9H2. The molecular weight excluding hydrogens is 207 g/mol. The van der Waals surface area contributed by atoms with E-state index < -0.39 is 6.10 Å². The van der Waals surface area contributed by atoms with Gasteiger partial charge in [-0.05, 0) is 25.3 Å². The molecule has 88 valence electrons. The maximum Gasteiger partial charge on any atom is 0.129 e. The third-order valence-corrected chi connectivity index (χ3v) is 3.02. The highest BCUT2D eigenvalue weighted by molar-refractivity contribution is 5.19. The maximum absolute atomic E-state index is 13.4. The normalized spacial score (nSPS) is 23.0. The van der Waals surface area contributed by atoms with Gasteiger partial charge in [-0.1, -0.05) is 18.2 Å². The number of hydrogen-bond donors (Lipinski definition) is 1. The lowest BCUT2D eigenvalue weighted by Crippen LogP contribution is -2.21. The zero-order valence-electron chi connectivity index (χ0n) is 9.23. The van der Waals surface area contributed by atoms with Crippen molar-refractivity contribution in [3.63, 3.8) is 0 Å². The molecule has 0 aromatic heterocycles. The van der Waals surface area contributed by atoms with E-state index >= 15 is 0 Å². The molecule has 3 heteroatoms. The van der Waals surface area contributed by atoms with Gasteiger partial charge in [-0.3, -0.25) is 0 Å². The molecule has 0 radical (unpaired) electrons. The van der Waals surface area contributed by atoms with Crippen molar-refractivity contribution in [1.29, 1.82) is 0 Å². The van der Waals surface area contributed by atoms with E-state index in [1.54, 1.807) is 18.2 Å². The minimum atomic E-state index is -0.760. The number of halogens is 1. The highest BCUT2D eigenvalue weighted by Crippen LogP contribution is 2.26. The SMILES string of the molecule is OC(CC1CCCCO1)c1ccccc1F. The molecule has 0 aliphatic carbocycles. The molecule has 2 nitrogen and oxygen atoms in total. The fraction of sp³-hybridized carbons (Fsp3) is 0.538. The first kappa shape index (κ1) is 11.6. The topological polar surface area (TPSA) is 29.5 Å². The van der Waals surface area contributed by atoms with Gasteiger partial charge in [0.2, 0.25) is 0 Å². The zero-order valence-corrected chi connectivity index (χ0v) is 9.23. The van der Waals surface area contributed by atoms with E-state index in [0.717, 1.165) is 25.9 Å². The number of aliphatic hydroxyl groups excluding tert-OH is 1. The summed E-state index contributed by atoms with van der Waals surface area (Å²) in [6.45, 7) is 0.759. The van der Waals surface area contributed by atoms with Crippen LogP contribution in [0.4, 0.5) is 4.39 Å². The lowest BCUT2D eigenvalue weighted by Gasteiger charge is -2.25. The highest BCUT2D eigenvalue weighted by Gasteiger charge is 2.20. The summed E-state index contributed by atoms with van der Waals surface area (Å²) in [6, 6.07) is 6.37. The fourth-order valence-corrected chi connectivity index (χ4v) is 2.11. The average molecular weight is 224 g/mol. The Morgan fingerprint density at radius 1 is 1.38 bits per heavy atom. The first-order chi connectivity index (χ1) is 7.77. The first-order valence-corrected chi connectivity index (χ1v) is 5.81. The fourth-order valence-electron chi connectivity index (χ4n) is 2.11. The molecule has 2 unspecified atom stereocenters. The van der Waals surface area contributed by atoms with Crippen LogP contribution in [0, 0.1) is 5.82 Å². The van der Waals surface area contributed by atoms with Crippen LogP contribution >= 0.6 is 0 Å². The molecule has 1 aliphatic rings. The van der Waals surface area contributed by atoms with Crippen LogP contribution in [0.25, 0.3) is 0 Å². The third kappa shape index (κ3) is 2.80. The van der Waals surface area contributed by atoms with Gasteiger partial charge in [0.05, 0.1) is 12.2 Å². The van der Waals surface area contributed by atoms with Crippen molar-refractivity contribution in [1.82, 2.24) is 0 Å². The Morgan fingerprint density at radius 2 is 2.19 bits per heavy atom. The van der Waals surface area contributed by atoms with E-state index in [-0.39, 0.29) is 11.9 Å². The summed E-state index contributed by atoms with van der Waals surface area (Å²) in [5.74, 6) is -0.342. The smallest absolute Gasteiger partial charge is 0.129 e. The molecule has 1 N–H and O–H groups in total. The Hall–Kier alpha value is -0.930. The van der Waals surface area contributed by atoms with E-state index in [1.807, 2.05) is 0 Å². The van der Waals surface area contributed by atoms with Crippen LogP contribution in [0.2, 0.25) is 0 Å². The number of hydrogen-bond acceptors (Lipinski definition) is 2. The van der Waals surface area contributed by atoms with Crippen molar-refractivity contribution >= 4 is 0 Å². The van der Waals surface area contributed by atoms with Crippen molar-refractivity contribution in [3.8, 4) is 0 Å². The van der Waals surface area contributed by atoms with E-state index in [2.05, 4.69) is 0 Å². The molecule has 0 spiro atoms. The van der Waals surface area contributed by atoms with Crippen molar-refractivity contribution in [2.75, 3.05) is 6.61 Å². The molecule has 2 rings (SSSR count). The molecule has 1 fully saturated rings. The second-order valence-electron chi connectivity index (χ2n) is 4.26. The van der Waals surface area contributed by atoms with E-state index in [9.17, 15) is 9.50 Å². The van der Waals surface area contributed by atoms with Gasteiger partial charge in [-0.2, -0.15) is 0 Å². The van der Waals surface area contributed by atoms with Crippen LogP contribution in [0.3, 0.4) is 0 Å². The minimum absolute atomic E-state index is 0.0726. The number of ether oxygens (including phenoxy) is 1. The van der Waals surface area contributed by atoms with E-state index in [1.165, 1.54) is 6.07 Å². The minimum Gasteiger partial charge on any atom is -0.388 e. The lowest BCUT2D eigenvalue weighted by atomic mass is 9.98. The van der Waals surface area contributed by atoms with Crippen LogP contribution in [-0.4, -0.2) is 17.8 Å². The summed E-state index contributed by atoms with van der Waals surface area (Å²) in [4.78, 5) is 0. The summed E-state index contributed by atoms with van der Waals surface area (Å²) in [6.07, 6.45) is 2.99. The number of benzene rings is 1. The van der Waals surface area contributed by atoms with Crippen LogP contribution in [0.15, 0.2) is 24.3 Å². The highest BCUT2D eigenvalue weighted by atomic mass is 19.1. The quantitative estimate of drug-likeness (QED) is 0.855. The molecular formula is C13H17FO2. The van der Waals surface area contributed by atoms with Crippen LogP contribution < -0.4 is 0 Å². The lowest BCUT2D eigenvalue weighted by molar-refractivity contribution is -0.0161. The van der Waals surface area contributed by atoms with Crippen molar-refractivity contribution < 1.29 is 14.2 Å². The van der Waals surface area contributed by atoms with Gasteiger partial charge in [0.1, 0.15) is 5.82 Å². The number of rotatable bonds is 3. The van der Waals surface area contributed by atoms with Gasteiger partial charge in [0, 0.05) is 18.6 Å². The first-order valence-electron chi connectivity index (χ1n) is 5.81. The Morgan fingerprint density at radius 3 is 2.88 bits per heavy atom. The summed E-state index contributed by atoms with van der Waals surface area (Å²) in [5, 5.41) is 9.93. The van der Waals surface area contributed by atoms with Gasteiger partial charge >= 0.3 is 0 Å². The Bertz CT molecular complexity index is 334. The Kier molecular flexibility index (Phi) is 3.91. The Balaban J connectivity index is 1.96. The molecule has 0 amide bonds. The van der Waals surface area contributed by atoms with Crippen molar-refractivity contribution in [2.24, 2.45) is 0 Å². The third-order valence-electron chi connectivity index (χ3n) is 3.02. The predicted molar refractivity (Wildman–Crippen MR) is 59.6 cm³/mol. The second kappa shape index (κ2) is 5.41. The molecule has 0 bridgehead atoms. The summed E-state index contributed by atoms with van der Waals surface area (Å²) in [5.41, 5.74) is 0.372. The maximum atomic E-state index is 13.4. The average Bonchev–Trinajstić information content (AvgIpc) is 2.31. The molecule has 1 aromatic carbocycles. The molecule has 1 heterocycles. The molecule has 2 atom stereocenters. The van der Waals surface area contributed by atoms with Gasteiger partial charge in [-0.25, -0.2) is 4.39 Å². The van der Waals surface area contributed by atoms with Crippen molar-refractivity contribution in [2.45, 2.75) is 37.9 Å². The van der Waals surface area contributed by atoms with Gasteiger partial charge in [-0.15, -0.1) is 0 Å². The van der Waals surface area contributed by atoms with Crippen LogP contribution in [0.5, 0.6) is 0 Å². The summed E-state index contributed by atoms with van der Waals surface area (Å²) >= 11 is 0. The van der Waals surface area contributed by atoms with Crippen molar-refractivity contribution in [3.05, 3.63) is 35.6 Å². The van der Waals surface area contributed by atoms with Crippen LogP contribution in [0.1, 0.15) is 37.4 Å². The van der Waals surface area contributed by atoms with Gasteiger partial charge < -0.3 is 9.84 Å². The molecule has 1 saturated heterocycles. The van der Waals surface area contributed by atoms with Gasteiger partial charge in [0.15, 0.2) is 0 Å². The Labute approximate surface area is 95.1 Å². The summed E-state index contributed by atoms with van der Waals surface area (Å²) < 4.78 is 18.9. The van der Waals surface area contributed by atoms with Crippen LogP contribution in [-0.2, 0) is 4.74 Å². The molecule has 1 aliphatic heterocycles. The zero-order chi connectivity index (χ0) is 11.4. The van der Waals surface area contributed by atoms with E-state index in [4.69, 9.17) is 4.74 Å². The predicted octanol–water partition coefficient (Wildman–Crippen LogP) is 2.82. The molecule has 16 heavy (non-hydrogen) atoms. The van der Waals surface area contributed by atoms with E-state index in [0.29, 0.717) is 12.0 Å². The molecule has 1 aromatic rings.